The highest BCUT2D eigenvalue weighted by atomic mass is 16.4. The number of pyridine rings is 1. The van der Waals surface area contributed by atoms with Crippen molar-refractivity contribution in [1.82, 2.24) is 9.88 Å². The molecule has 0 bridgehead atoms. The predicted molar refractivity (Wildman–Crippen MR) is 108 cm³/mol. The third kappa shape index (κ3) is 4.92. The van der Waals surface area contributed by atoms with Crippen LogP contribution >= 0.6 is 0 Å². The third-order valence-electron chi connectivity index (χ3n) is 4.42. The van der Waals surface area contributed by atoms with Gasteiger partial charge in [-0.1, -0.05) is 6.07 Å². The number of furan rings is 1. The fourth-order valence-electron chi connectivity index (χ4n) is 2.75. The molecular weight excluding hydrogens is 372 g/mol. The molecule has 0 unspecified atom stereocenters. The summed E-state index contributed by atoms with van der Waals surface area (Å²) in [5.74, 6) is 0.253. The van der Waals surface area contributed by atoms with Gasteiger partial charge < -0.3 is 24.9 Å². The van der Waals surface area contributed by atoms with Crippen molar-refractivity contribution >= 4 is 23.3 Å². The van der Waals surface area contributed by atoms with Crippen LogP contribution < -0.4 is 21.5 Å². The molecule has 2 aromatic heterocycles. The molecule has 3 amide bonds. The number of benzene rings is 1. The molecule has 3 aromatic rings. The Kier molecular flexibility index (Phi) is 5.15. The summed E-state index contributed by atoms with van der Waals surface area (Å²) in [6.45, 7) is 0.246. The number of nitrogens with zero attached hydrogens (tertiary/aromatic N) is 1. The summed E-state index contributed by atoms with van der Waals surface area (Å²) in [6, 6.07) is 15.0. The molecule has 3 N–H and O–H groups in total. The van der Waals surface area contributed by atoms with Gasteiger partial charge in [-0.15, -0.1) is 0 Å². The van der Waals surface area contributed by atoms with Crippen molar-refractivity contribution in [2.24, 2.45) is 0 Å². The number of hydrogen-bond acceptors (Lipinski definition) is 4. The van der Waals surface area contributed by atoms with E-state index < -0.39 is 5.91 Å². The maximum Gasteiger partial charge on any atom is 0.319 e. The molecule has 2 heterocycles. The van der Waals surface area contributed by atoms with E-state index in [1.54, 1.807) is 54.7 Å². The summed E-state index contributed by atoms with van der Waals surface area (Å²) in [5, 5.41) is 8.33. The smallest absolute Gasteiger partial charge is 0.319 e. The highest BCUT2D eigenvalue weighted by Gasteiger charge is 2.23. The maximum absolute atomic E-state index is 12.4. The molecule has 1 aliphatic rings. The van der Waals surface area contributed by atoms with E-state index in [0.717, 1.165) is 12.8 Å². The molecular formula is C21H20N4O4. The van der Waals surface area contributed by atoms with Crippen LogP contribution in [0.15, 0.2) is 70.0 Å². The molecule has 0 spiro atoms. The molecule has 8 nitrogen and oxygen atoms in total. The second kappa shape index (κ2) is 8.05. The molecule has 8 heteroatoms. The molecule has 1 fully saturated rings. The van der Waals surface area contributed by atoms with Crippen LogP contribution in [-0.2, 0) is 6.54 Å². The van der Waals surface area contributed by atoms with E-state index in [9.17, 15) is 14.4 Å². The molecule has 1 aromatic carbocycles. The molecule has 148 valence electrons. The lowest BCUT2D eigenvalue weighted by Crippen LogP contribution is -2.30. The van der Waals surface area contributed by atoms with E-state index in [1.807, 2.05) is 0 Å². The molecule has 0 radical (unpaired) electrons. The van der Waals surface area contributed by atoms with Crippen LogP contribution in [0.5, 0.6) is 0 Å². The Bertz CT molecular complexity index is 1080. The molecule has 0 atom stereocenters. The summed E-state index contributed by atoms with van der Waals surface area (Å²) in [6.07, 6.45) is 3.70. The lowest BCUT2D eigenvalue weighted by molar-refractivity contribution is 0.0994. The molecule has 0 aliphatic heterocycles. The highest BCUT2D eigenvalue weighted by Crippen LogP contribution is 2.19. The number of aromatic nitrogens is 1. The van der Waals surface area contributed by atoms with Gasteiger partial charge in [0.1, 0.15) is 5.76 Å². The molecule has 1 aliphatic carbocycles. The summed E-state index contributed by atoms with van der Waals surface area (Å²) < 4.78 is 7.05. The van der Waals surface area contributed by atoms with Gasteiger partial charge in [0.05, 0.1) is 6.54 Å². The highest BCUT2D eigenvalue weighted by molar-refractivity contribution is 6.02. The van der Waals surface area contributed by atoms with E-state index >= 15 is 0 Å². The van der Waals surface area contributed by atoms with Crippen LogP contribution in [0.4, 0.5) is 16.2 Å². The van der Waals surface area contributed by atoms with Crippen molar-refractivity contribution in [3.05, 3.63) is 82.7 Å². The fraction of sp³-hybridized carbons (Fsp3) is 0.190. The standard InChI is InChI=1S/C21H20N4O4/c26-19-3-1-2-12-25(19)13-17-10-11-18(29-17)20(27)22-14-4-6-15(7-5-14)23-21(28)24-16-8-9-16/h1-7,10-12,16H,8-9,13H2,(H,22,27)(H2,23,24,28). The zero-order valence-electron chi connectivity index (χ0n) is 15.6. The normalized spacial score (nSPS) is 13.0. The van der Waals surface area contributed by atoms with Crippen LogP contribution in [0.2, 0.25) is 0 Å². The summed E-state index contributed by atoms with van der Waals surface area (Å²) in [5.41, 5.74) is 1.06. The molecule has 0 saturated heterocycles. The molecule has 1 saturated carbocycles. The van der Waals surface area contributed by atoms with Crippen molar-refractivity contribution in [2.75, 3.05) is 10.6 Å². The zero-order valence-corrected chi connectivity index (χ0v) is 15.6. The number of hydrogen-bond donors (Lipinski definition) is 3. The monoisotopic (exact) mass is 392 g/mol. The van der Waals surface area contributed by atoms with Crippen LogP contribution in [0.1, 0.15) is 29.2 Å². The number of carbonyl (C=O) groups is 2. The summed E-state index contributed by atoms with van der Waals surface area (Å²) >= 11 is 0. The van der Waals surface area contributed by atoms with Crippen LogP contribution in [0, 0.1) is 0 Å². The second-order valence-electron chi connectivity index (χ2n) is 6.84. The number of carbonyl (C=O) groups excluding carboxylic acids is 2. The van der Waals surface area contributed by atoms with Gasteiger partial charge in [0.25, 0.3) is 11.5 Å². The first-order chi connectivity index (χ1) is 14.1. The lowest BCUT2D eigenvalue weighted by Gasteiger charge is -2.08. The Balaban J connectivity index is 1.34. The number of urea groups is 1. The van der Waals surface area contributed by atoms with E-state index in [4.69, 9.17) is 4.42 Å². The van der Waals surface area contributed by atoms with Gasteiger partial charge in [0.15, 0.2) is 5.76 Å². The van der Waals surface area contributed by atoms with Crippen LogP contribution in [0.25, 0.3) is 0 Å². The van der Waals surface area contributed by atoms with Crippen LogP contribution in [0.3, 0.4) is 0 Å². The summed E-state index contributed by atoms with van der Waals surface area (Å²) in [4.78, 5) is 35.9. The van der Waals surface area contributed by atoms with E-state index in [0.29, 0.717) is 17.1 Å². The second-order valence-corrected chi connectivity index (χ2v) is 6.84. The van der Waals surface area contributed by atoms with Crippen molar-refractivity contribution in [3.8, 4) is 0 Å². The van der Waals surface area contributed by atoms with Crippen molar-refractivity contribution in [2.45, 2.75) is 25.4 Å². The average molecular weight is 392 g/mol. The first-order valence-electron chi connectivity index (χ1n) is 9.30. The van der Waals surface area contributed by atoms with E-state index in [2.05, 4.69) is 16.0 Å². The minimum absolute atomic E-state index is 0.144. The quantitative estimate of drug-likeness (QED) is 0.600. The molecule has 29 heavy (non-hydrogen) atoms. The van der Waals surface area contributed by atoms with Gasteiger partial charge >= 0.3 is 6.03 Å². The van der Waals surface area contributed by atoms with Crippen molar-refractivity contribution in [1.29, 1.82) is 0 Å². The SMILES string of the molecule is O=C(Nc1ccc(NC(=O)c2ccc(Cn3ccccc3=O)o2)cc1)NC1CC1. The van der Waals surface area contributed by atoms with Gasteiger partial charge in [-0.2, -0.15) is 0 Å². The largest absolute Gasteiger partial charge is 0.454 e. The number of nitrogens with one attached hydrogen (secondary N) is 3. The first-order valence-corrected chi connectivity index (χ1v) is 9.30. The summed E-state index contributed by atoms with van der Waals surface area (Å²) in [7, 11) is 0. The minimum atomic E-state index is -0.399. The Morgan fingerprint density at radius 3 is 2.38 bits per heavy atom. The fourth-order valence-corrected chi connectivity index (χ4v) is 2.75. The average Bonchev–Trinajstić information content (AvgIpc) is 3.39. The predicted octanol–water partition coefficient (Wildman–Crippen LogP) is 3.03. The number of rotatable bonds is 6. The first kappa shape index (κ1) is 18.5. The van der Waals surface area contributed by atoms with E-state index in [-0.39, 0.29) is 29.9 Å². The Hall–Kier alpha value is -3.81. The topological polar surface area (TPSA) is 105 Å². The Morgan fingerprint density at radius 2 is 1.69 bits per heavy atom. The van der Waals surface area contributed by atoms with Crippen molar-refractivity contribution < 1.29 is 14.0 Å². The number of amides is 3. The van der Waals surface area contributed by atoms with Gasteiger partial charge in [-0.3, -0.25) is 9.59 Å². The Labute approximate surface area is 166 Å². The van der Waals surface area contributed by atoms with Crippen LogP contribution in [-0.4, -0.2) is 22.5 Å². The van der Waals surface area contributed by atoms with Gasteiger partial charge in [-0.25, -0.2) is 4.79 Å². The lowest BCUT2D eigenvalue weighted by atomic mass is 10.2. The Morgan fingerprint density at radius 1 is 0.966 bits per heavy atom. The third-order valence-corrected chi connectivity index (χ3v) is 4.42. The zero-order chi connectivity index (χ0) is 20.2. The van der Waals surface area contributed by atoms with Gasteiger partial charge in [0.2, 0.25) is 0 Å². The van der Waals surface area contributed by atoms with Crippen molar-refractivity contribution in [3.63, 3.8) is 0 Å². The maximum atomic E-state index is 12.4. The minimum Gasteiger partial charge on any atom is -0.454 e. The van der Waals surface area contributed by atoms with E-state index in [1.165, 1.54) is 10.6 Å². The molecule has 4 rings (SSSR count). The number of anilines is 2. The van der Waals surface area contributed by atoms with Gasteiger partial charge in [-0.05, 0) is 55.3 Å². The van der Waals surface area contributed by atoms with Gasteiger partial charge in [0, 0.05) is 29.7 Å².